The Hall–Kier alpha value is -1.38. The fourth-order valence-electron chi connectivity index (χ4n) is 0.769. The van der Waals surface area contributed by atoms with Crippen molar-refractivity contribution in [1.82, 2.24) is 0 Å². The van der Waals surface area contributed by atoms with Crippen LogP contribution in [-0.4, -0.2) is 5.97 Å². The first-order valence-corrected chi connectivity index (χ1v) is 3.13. The first-order valence-electron chi connectivity index (χ1n) is 3.13. The molecule has 0 aromatic heterocycles. The van der Waals surface area contributed by atoms with Crippen molar-refractivity contribution in [2.24, 2.45) is 0 Å². The Bertz CT molecular complexity index is 253. The average molecular weight is 153 g/mol. The number of carboxylic acids is 1. The van der Waals surface area contributed by atoms with E-state index >= 15 is 0 Å². The summed E-state index contributed by atoms with van der Waals surface area (Å²) in [7, 11) is 0. The third-order valence-corrected chi connectivity index (χ3v) is 1.26. The maximum Gasteiger partial charge on any atom is 0.123 e. The lowest BCUT2D eigenvalue weighted by Gasteiger charge is -2.00. The number of hydrogen-bond acceptors (Lipinski definition) is 2. The van der Waals surface area contributed by atoms with E-state index in [1.807, 2.05) is 0 Å². The van der Waals surface area contributed by atoms with E-state index in [-0.39, 0.29) is 12.2 Å². The molecular formula is C8H6FO2-. The molecule has 0 fully saturated rings. The zero-order valence-corrected chi connectivity index (χ0v) is 5.71. The minimum Gasteiger partial charge on any atom is -0.550 e. The molecule has 0 amide bonds. The molecule has 0 aliphatic heterocycles. The van der Waals surface area contributed by atoms with Crippen LogP contribution < -0.4 is 5.11 Å². The van der Waals surface area contributed by atoms with E-state index in [9.17, 15) is 14.3 Å². The predicted octanol–water partition coefficient (Wildman–Crippen LogP) is 0.118. The van der Waals surface area contributed by atoms with Gasteiger partial charge in [0.2, 0.25) is 0 Å². The van der Waals surface area contributed by atoms with Crippen LogP contribution in [0.5, 0.6) is 0 Å². The Morgan fingerprint density at radius 1 is 1.36 bits per heavy atom. The van der Waals surface area contributed by atoms with Gasteiger partial charge in [0, 0.05) is 12.4 Å². The molecule has 0 bridgehead atoms. The Morgan fingerprint density at radius 3 is 2.36 bits per heavy atom. The van der Waals surface area contributed by atoms with Crippen molar-refractivity contribution >= 4 is 5.97 Å². The van der Waals surface area contributed by atoms with Gasteiger partial charge in [-0.2, -0.15) is 0 Å². The predicted molar refractivity (Wildman–Crippen MR) is 35.1 cm³/mol. The topological polar surface area (TPSA) is 40.1 Å². The van der Waals surface area contributed by atoms with Crippen LogP contribution in [0.15, 0.2) is 24.3 Å². The summed E-state index contributed by atoms with van der Waals surface area (Å²) in [5.41, 5.74) is 0.548. The van der Waals surface area contributed by atoms with Gasteiger partial charge in [0.05, 0.1) is 0 Å². The second-order valence-corrected chi connectivity index (χ2v) is 2.18. The fourth-order valence-corrected chi connectivity index (χ4v) is 0.769. The number of carbonyl (C=O) groups is 1. The van der Waals surface area contributed by atoms with Crippen LogP contribution in [0.25, 0.3) is 0 Å². The van der Waals surface area contributed by atoms with E-state index in [4.69, 9.17) is 0 Å². The highest BCUT2D eigenvalue weighted by Crippen LogP contribution is 2.02. The Morgan fingerprint density at radius 2 is 1.91 bits per heavy atom. The van der Waals surface area contributed by atoms with Crippen LogP contribution in [0.3, 0.4) is 0 Å². The van der Waals surface area contributed by atoms with Crippen LogP contribution in [0, 0.1) is 5.82 Å². The molecule has 0 heterocycles. The molecule has 0 N–H and O–H groups in total. The normalized spacial score (nSPS) is 9.55. The van der Waals surface area contributed by atoms with Crippen LogP contribution in [0.2, 0.25) is 0 Å². The van der Waals surface area contributed by atoms with Gasteiger partial charge >= 0.3 is 0 Å². The minimum absolute atomic E-state index is 0.166. The summed E-state index contributed by atoms with van der Waals surface area (Å²) in [6.07, 6.45) is -0.166. The molecular weight excluding hydrogens is 147 g/mol. The van der Waals surface area contributed by atoms with Crippen molar-refractivity contribution < 1.29 is 14.3 Å². The highest BCUT2D eigenvalue weighted by Gasteiger charge is 1.92. The third-order valence-electron chi connectivity index (χ3n) is 1.26. The summed E-state index contributed by atoms with van der Waals surface area (Å²) in [6.45, 7) is 0. The van der Waals surface area contributed by atoms with E-state index in [1.54, 1.807) is 0 Å². The molecule has 0 unspecified atom stereocenters. The van der Waals surface area contributed by atoms with Crippen LogP contribution >= 0.6 is 0 Å². The SMILES string of the molecule is O=C([O-])Cc1ccc(F)cc1. The van der Waals surface area contributed by atoms with Crippen molar-refractivity contribution in [2.45, 2.75) is 6.42 Å². The molecule has 2 nitrogen and oxygen atoms in total. The molecule has 0 aliphatic carbocycles. The van der Waals surface area contributed by atoms with Crippen LogP contribution in [0.4, 0.5) is 4.39 Å². The highest BCUT2D eigenvalue weighted by atomic mass is 19.1. The maximum absolute atomic E-state index is 12.3. The highest BCUT2D eigenvalue weighted by molar-refractivity contribution is 5.67. The second kappa shape index (κ2) is 3.14. The zero-order valence-electron chi connectivity index (χ0n) is 5.71. The monoisotopic (exact) mass is 153 g/mol. The summed E-state index contributed by atoms with van der Waals surface area (Å²) >= 11 is 0. The van der Waals surface area contributed by atoms with Gasteiger partial charge in [-0.25, -0.2) is 4.39 Å². The number of halogens is 1. The molecule has 0 saturated carbocycles. The van der Waals surface area contributed by atoms with Crippen molar-refractivity contribution in [2.75, 3.05) is 0 Å². The summed E-state index contributed by atoms with van der Waals surface area (Å²) in [6, 6.07) is 5.28. The van der Waals surface area contributed by atoms with E-state index in [1.165, 1.54) is 24.3 Å². The van der Waals surface area contributed by atoms with Crippen LogP contribution in [-0.2, 0) is 11.2 Å². The molecule has 1 rings (SSSR count). The molecule has 58 valence electrons. The van der Waals surface area contributed by atoms with Gasteiger partial charge in [-0.15, -0.1) is 0 Å². The van der Waals surface area contributed by atoms with Crippen molar-refractivity contribution in [3.63, 3.8) is 0 Å². The van der Waals surface area contributed by atoms with E-state index in [0.717, 1.165) is 0 Å². The minimum atomic E-state index is -1.16. The lowest BCUT2D eigenvalue weighted by Crippen LogP contribution is -2.24. The standard InChI is InChI=1S/C8H7FO2/c9-7-3-1-6(2-4-7)5-8(10)11/h1-4H,5H2,(H,10,11)/p-1. The van der Waals surface area contributed by atoms with E-state index in [2.05, 4.69) is 0 Å². The molecule has 11 heavy (non-hydrogen) atoms. The molecule has 1 aromatic carbocycles. The zero-order chi connectivity index (χ0) is 8.27. The summed E-state index contributed by atoms with van der Waals surface area (Å²) < 4.78 is 12.3. The molecule has 3 heteroatoms. The molecule has 0 saturated heterocycles. The van der Waals surface area contributed by atoms with Gasteiger partial charge in [-0.1, -0.05) is 12.1 Å². The van der Waals surface area contributed by atoms with Gasteiger partial charge in [0.1, 0.15) is 5.82 Å². The molecule has 0 radical (unpaired) electrons. The number of rotatable bonds is 2. The molecule has 0 spiro atoms. The smallest absolute Gasteiger partial charge is 0.123 e. The van der Waals surface area contributed by atoms with E-state index < -0.39 is 5.97 Å². The molecule has 0 atom stereocenters. The summed E-state index contributed by atoms with van der Waals surface area (Å²) in [4.78, 5) is 10.0. The Labute approximate surface area is 63.3 Å². The van der Waals surface area contributed by atoms with Crippen LogP contribution in [0.1, 0.15) is 5.56 Å². The lowest BCUT2D eigenvalue weighted by molar-refractivity contribution is -0.304. The Balaban J connectivity index is 2.74. The van der Waals surface area contributed by atoms with Gasteiger partial charge in [0.15, 0.2) is 0 Å². The second-order valence-electron chi connectivity index (χ2n) is 2.18. The third kappa shape index (κ3) is 2.37. The summed E-state index contributed by atoms with van der Waals surface area (Å²) in [5, 5.41) is 10.0. The fraction of sp³-hybridized carbons (Fsp3) is 0.125. The quantitative estimate of drug-likeness (QED) is 0.605. The lowest BCUT2D eigenvalue weighted by atomic mass is 10.1. The number of aliphatic carboxylic acids is 1. The molecule has 0 aliphatic rings. The maximum atomic E-state index is 12.3. The van der Waals surface area contributed by atoms with Gasteiger partial charge in [-0.3, -0.25) is 0 Å². The average Bonchev–Trinajstić information content (AvgIpc) is 1.93. The number of carboxylic acid groups (broad SMARTS) is 1. The van der Waals surface area contributed by atoms with Gasteiger partial charge in [0.25, 0.3) is 0 Å². The van der Waals surface area contributed by atoms with Crippen molar-refractivity contribution in [1.29, 1.82) is 0 Å². The van der Waals surface area contributed by atoms with E-state index in [0.29, 0.717) is 5.56 Å². The number of carbonyl (C=O) groups excluding carboxylic acids is 1. The molecule has 1 aromatic rings. The Kier molecular flexibility index (Phi) is 2.21. The first kappa shape index (κ1) is 7.72. The number of benzene rings is 1. The van der Waals surface area contributed by atoms with Crippen molar-refractivity contribution in [3.05, 3.63) is 35.6 Å². The number of hydrogen-bond donors (Lipinski definition) is 0. The van der Waals surface area contributed by atoms with Gasteiger partial charge in [-0.05, 0) is 17.7 Å². The largest absolute Gasteiger partial charge is 0.550 e. The first-order chi connectivity index (χ1) is 5.18. The summed E-state index contributed by atoms with van der Waals surface area (Å²) in [5.74, 6) is -1.52. The van der Waals surface area contributed by atoms with Crippen molar-refractivity contribution in [3.8, 4) is 0 Å². The van der Waals surface area contributed by atoms with Gasteiger partial charge < -0.3 is 9.90 Å².